The number of pyridine rings is 1. The van der Waals surface area contributed by atoms with Crippen molar-refractivity contribution in [1.29, 1.82) is 0 Å². The lowest BCUT2D eigenvalue weighted by atomic mass is 9.98. The van der Waals surface area contributed by atoms with Gasteiger partial charge in [0.25, 0.3) is 0 Å². The van der Waals surface area contributed by atoms with Gasteiger partial charge < -0.3 is 4.43 Å². The third kappa shape index (κ3) is 6.42. The second kappa shape index (κ2) is 13.1. The quantitative estimate of drug-likeness (QED) is 0.133. The normalized spacial score (nSPS) is 13.6. The fourth-order valence-electron chi connectivity index (χ4n) is 5.21. The van der Waals surface area contributed by atoms with Gasteiger partial charge in [0.05, 0.1) is 34.4 Å². The zero-order valence-electron chi connectivity index (χ0n) is 26.8. The van der Waals surface area contributed by atoms with Crippen LogP contribution in [0, 0.1) is 5.82 Å². The molecule has 2 atom stereocenters. The molecule has 248 valence electrons. The number of halogens is 4. The van der Waals surface area contributed by atoms with Crippen LogP contribution in [-0.2, 0) is 4.43 Å². The minimum absolute atomic E-state index is 0.0669. The molecule has 0 saturated heterocycles. The molecule has 4 aromatic heterocycles. The van der Waals surface area contributed by atoms with Crippen molar-refractivity contribution >= 4 is 19.9 Å². The minimum Gasteiger partial charge on any atom is -0.407 e. The average Bonchev–Trinajstić information content (AvgIpc) is 3.85. The molecule has 0 amide bonds. The summed E-state index contributed by atoms with van der Waals surface area (Å²) in [5.74, 6) is -0.647. The zero-order valence-corrected chi connectivity index (χ0v) is 28.6. The van der Waals surface area contributed by atoms with Crippen LogP contribution in [0.15, 0.2) is 91.8 Å². The van der Waals surface area contributed by atoms with Gasteiger partial charge in [-0.25, -0.2) is 9.07 Å². The van der Waals surface area contributed by atoms with E-state index >= 15 is 4.39 Å². The largest absolute Gasteiger partial charge is 0.407 e. The molecule has 2 aromatic carbocycles. The molecule has 0 spiro atoms. The van der Waals surface area contributed by atoms with E-state index in [1.54, 1.807) is 35.3 Å². The Morgan fingerprint density at radius 2 is 1.69 bits per heavy atom. The van der Waals surface area contributed by atoms with E-state index in [2.05, 4.69) is 59.6 Å². The van der Waals surface area contributed by atoms with Crippen molar-refractivity contribution in [2.24, 2.45) is 0 Å². The molecule has 6 rings (SSSR count). The third-order valence-electron chi connectivity index (χ3n) is 8.73. The summed E-state index contributed by atoms with van der Waals surface area (Å²) in [6.07, 6.45) is 6.86. The van der Waals surface area contributed by atoms with Crippen molar-refractivity contribution in [2.75, 3.05) is 0 Å². The molecule has 0 aliphatic carbocycles. The molecule has 15 heteroatoms. The first kappa shape index (κ1) is 33.2. The predicted molar refractivity (Wildman–Crippen MR) is 178 cm³/mol. The Morgan fingerprint density at radius 1 is 0.917 bits per heavy atom. The molecule has 0 saturated carbocycles. The predicted octanol–water partition coefficient (Wildman–Crippen LogP) is 8.32. The Bertz CT molecular complexity index is 1990. The first-order valence-electron chi connectivity index (χ1n) is 15.1. The Balaban J connectivity index is 1.51. The fraction of sp³-hybridized carbons (Fsp3) is 0.273. The molecule has 10 nitrogen and oxygen atoms in total. The van der Waals surface area contributed by atoms with E-state index in [1.165, 1.54) is 35.5 Å². The van der Waals surface area contributed by atoms with Gasteiger partial charge in [-0.3, -0.25) is 9.67 Å². The van der Waals surface area contributed by atoms with Crippen molar-refractivity contribution in [3.8, 4) is 28.1 Å². The lowest BCUT2D eigenvalue weighted by Gasteiger charge is -2.41. The summed E-state index contributed by atoms with van der Waals surface area (Å²) in [6, 6.07) is 17.2. The summed E-state index contributed by atoms with van der Waals surface area (Å²) in [5, 5.41) is 19.5. The number of hydrogen-bond donors (Lipinski definition) is 0. The molecule has 0 N–H and O–H groups in total. The molecule has 48 heavy (non-hydrogen) atoms. The smallest absolute Gasteiger partial charge is 0.333 e. The fourth-order valence-corrected chi connectivity index (χ4v) is 6.62. The molecule has 0 fully saturated rings. The van der Waals surface area contributed by atoms with Gasteiger partial charge in [0.1, 0.15) is 12.4 Å². The van der Waals surface area contributed by atoms with Gasteiger partial charge >= 0.3 is 6.55 Å². The monoisotopic (exact) mass is 691 g/mol. The Kier molecular flexibility index (Phi) is 9.07. The second-order valence-corrected chi connectivity index (χ2v) is 17.9. The van der Waals surface area contributed by atoms with Crippen LogP contribution in [0.25, 0.3) is 28.1 Å². The van der Waals surface area contributed by atoms with Crippen LogP contribution < -0.4 is 0 Å². The molecular weight excluding hydrogens is 659 g/mol. The molecule has 4 heterocycles. The first-order valence-corrected chi connectivity index (χ1v) is 18.4. The first-order chi connectivity index (χ1) is 22.9. The van der Waals surface area contributed by atoms with E-state index in [-0.39, 0.29) is 21.3 Å². The lowest BCUT2D eigenvalue weighted by Crippen LogP contribution is -2.43. The standard InChI is InChI=1S/C33H33ClF3N9OSi/c1-33(2,3)48(4,5)47-31(21-9-7-6-8-10-21)30(44-19-23(18-41-44)26-15-16-40-46(26)32(36)37)25-13-11-22(17-38-25)28-27(45-20-39-42-43-45)14-12-24(34)29(28)35/h6-20,30-32H,1-5H3. The van der Waals surface area contributed by atoms with E-state index in [4.69, 9.17) is 21.0 Å². The SMILES string of the molecule is CC(C)(C)[Si](C)(C)OC(c1ccccc1)C(c1ccc(-c2c(-n3cnnn3)ccc(Cl)c2F)cn1)n1cc(-c2ccnn2C(F)F)cn1. The van der Waals surface area contributed by atoms with Gasteiger partial charge in [-0.05, 0) is 58.4 Å². The topological polar surface area (TPSA) is 101 Å². The van der Waals surface area contributed by atoms with Gasteiger partial charge in [0.2, 0.25) is 0 Å². The highest BCUT2D eigenvalue weighted by molar-refractivity contribution is 6.74. The molecular formula is C33H33ClF3N9OSi. The highest BCUT2D eigenvalue weighted by Gasteiger charge is 2.42. The lowest BCUT2D eigenvalue weighted by molar-refractivity contribution is 0.0585. The molecule has 0 bridgehead atoms. The number of hydrogen-bond acceptors (Lipinski definition) is 7. The minimum atomic E-state index is -2.83. The molecule has 0 radical (unpaired) electrons. The maximum atomic E-state index is 15.6. The van der Waals surface area contributed by atoms with Crippen LogP contribution in [0.5, 0.6) is 0 Å². The van der Waals surface area contributed by atoms with Crippen LogP contribution in [0.2, 0.25) is 23.2 Å². The summed E-state index contributed by atoms with van der Waals surface area (Å²) >= 11 is 6.21. The Hall–Kier alpha value is -4.66. The second-order valence-electron chi connectivity index (χ2n) is 12.8. The number of aromatic nitrogens is 9. The van der Waals surface area contributed by atoms with Gasteiger partial charge in [-0.1, -0.05) is 68.8 Å². The molecule has 0 aliphatic heterocycles. The number of alkyl halides is 2. The number of nitrogens with zero attached hydrogens (tertiary/aromatic N) is 9. The summed E-state index contributed by atoms with van der Waals surface area (Å²) in [4.78, 5) is 4.85. The Morgan fingerprint density at radius 3 is 2.33 bits per heavy atom. The number of rotatable bonds is 10. The van der Waals surface area contributed by atoms with Gasteiger partial charge in [0.15, 0.2) is 14.1 Å². The average molecular weight is 692 g/mol. The summed E-state index contributed by atoms with van der Waals surface area (Å²) < 4.78 is 54.0. The van der Waals surface area contributed by atoms with Crippen molar-refractivity contribution in [3.63, 3.8) is 0 Å². The third-order valence-corrected chi connectivity index (χ3v) is 13.5. The van der Waals surface area contributed by atoms with Crippen LogP contribution in [0.4, 0.5) is 13.2 Å². The molecule has 2 unspecified atom stereocenters. The van der Waals surface area contributed by atoms with E-state index in [1.807, 2.05) is 30.3 Å². The summed E-state index contributed by atoms with van der Waals surface area (Å²) in [6.45, 7) is 7.96. The van der Waals surface area contributed by atoms with Crippen LogP contribution in [-0.4, -0.2) is 53.1 Å². The van der Waals surface area contributed by atoms with Crippen LogP contribution in [0.1, 0.15) is 50.7 Å². The molecule has 0 aliphatic rings. The van der Waals surface area contributed by atoms with E-state index in [0.29, 0.717) is 27.2 Å². The number of benzene rings is 2. The van der Waals surface area contributed by atoms with Crippen molar-refractivity contribution in [1.82, 2.24) is 44.8 Å². The van der Waals surface area contributed by atoms with Crippen LogP contribution in [0.3, 0.4) is 0 Å². The summed E-state index contributed by atoms with van der Waals surface area (Å²) in [5.41, 5.74) is 3.08. The van der Waals surface area contributed by atoms with Crippen molar-refractivity contribution in [3.05, 3.63) is 114 Å². The highest BCUT2D eigenvalue weighted by Crippen LogP contribution is 2.45. The maximum absolute atomic E-state index is 15.6. The Labute approximate surface area is 281 Å². The maximum Gasteiger partial charge on any atom is 0.333 e. The van der Waals surface area contributed by atoms with Crippen molar-refractivity contribution < 1.29 is 17.6 Å². The van der Waals surface area contributed by atoms with Gasteiger partial charge in [0, 0.05) is 35.3 Å². The van der Waals surface area contributed by atoms with Crippen molar-refractivity contribution in [2.45, 2.75) is 57.6 Å². The van der Waals surface area contributed by atoms with Gasteiger partial charge in [-0.2, -0.15) is 23.7 Å². The van der Waals surface area contributed by atoms with E-state index in [9.17, 15) is 8.78 Å². The zero-order chi connectivity index (χ0) is 34.2. The van der Waals surface area contributed by atoms with E-state index < -0.39 is 32.8 Å². The van der Waals surface area contributed by atoms with Gasteiger partial charge in [-0.15, -0.1) is 5.10 Å². The number of tetrazole rings is 1. The highest BCUT2D eigenvalue weighted by atomic mass is 35.5. The summed E-state index contributed by atoms with van der Waals surface area (Å²) in [7, 11) is -2.43. The molecule has 6 aromatic rings. The van der Waals surface area contributed by atoms with Crippen LogP contribution >= 0.6 is 11.6 Å². The van der Waals surface area contributed by atoms with E-state index in [0.717, 1.165) is 5.56 Å².